The minimum Gasteiger partial charge on any atom is -0.301 e. The van der Waals surface area contributed by atoms with Crippen LogP contribution in [0.4, 0.5) is 4.39 Å². The van der Waals surface area contributed by atoms with E-state index < -0.39 is 0 Å². The van der Waals surface area contributed by atoms with Crippen LogP contribution < -0.4 is 0 Å². The second-order valence-electron chi connectivity index (χ2n) is 3.31. The van der Waals surface area contributed by atoms with Gasteiger partial charge in [-0.2, -0.15) is 0 Å². The van der Waals surface area contributed by atoms with Crippen molar-refractivity contribution in [2.24, 2.45) is 5.92 Å². The summed E-state index contributed by atoms with van der Waals surface area (Å²) in [4.78, 5) is 1.87. The second kappa shape index (κ2) is 5.30. The third-order valence-electron chi connectivity index (χ3n) is 1.54. The second-order valence-corrected chi connectivity index (χ2v) is 3.31. The Morgan fingerprint density at radius 3 is 2.09 bits per heavy atom. The van der Waals surface area contributed by atoms with Gasteiger partial charge in [-0.1, -0.05) is 26.0 Å². The number of halogens is 1. The largest absolute Gasteiger partial charge is 0.301 e. The van der Waals surface area contributed by atoms with Gasteiger partial charge in [0, 0.05) is 0 Å². The summed E-state index contributed by atoms with van der Waals surface area (Å²) >= 11 is 0. The molecule has 0 N–H and O–H groups in total. The summed E-state index contributed by atoms with van der Waals surface area (Å²) in [7, 11) is 3.77. The number of rotatable bonds is 4. The topological polar surface area (TPSA) is 3.24 Å². The van der Waals surface area contributed by atoms with Crippen LogP contribution in [0.2, 0.25) is 0 Å². The lowest BCUT2D eigenvalue weighted by molar-refractivity contribution is 0.280. The fourth-order valence-corrected chi connectivity index (χ4v) is 0.712. The van der Waals surface area contributed by atoms with Crippen molar-refractivity contribution in [3.05, 3.63) is 12.2 Å². The molecule has 0 amide bonds. The van der Waals surface area contributed by atoms with E-state index in [1.807, 2.05) is 31.1 Å². The summed E-state index contributed by atoms with van der Waals surface area (Å²) < 4.78 is 12.3. The monoisotopic (exact) mass is 159 g/mol. The normalized spacial score (nSPS) is 15.2. The van der Waals surface area contributed by atoms with E-state index in [1.54, 1.807) is 0 Å². The summed E-state index contributed by atoms with van der Waals surface area (Å²) in [5.74, 6) is 0.504. The molecule has 66 valence electrons. The standard InChI is InChI=1S/C9H18FN/c1-8(2)5-6-9(7-10)11(3)4/h5-6,8-9H,7H2,1-4H3/b6-5-. The SMILES string of the molecule is CC(C)/C=C\C(CF)N(C)C. The molecular weight excluding hydrogens is 141 g/mol. The Morgan fingerprint density at radius 1 is 1.27 bits per heavy atom. The number of hydrogen-bond acceptors (Lipinski definition) is 1. The van der Waals surface area contributed by atoms with E-state index in [4.69, 9.17) is 0 Å². The Labute approximate surface area is 68.9 Å². The molecule has 1 atom stereocenters. The molecule has 2 heteroatoms. The maximum atomic E-state index is 12.3. The van der Waals surface area contributed by atoms with Gasteiger partial charge in [-0.25, -0.2) is 4.39 Å². The molecule has 0 spiro atoms. The van der Waals surface area contributed by atoms with E-state index >= 15 is 0 Å². The van der Waals surface area contributed by atoms with Crippen molar-refractivity contribution >= 4 is 0 Å². The van der Waals surface area contributed by atoms with Gasteiger partial charge < -0.3 is 4.90 Å². The van der Waals surface area contributed by atoms with Gasteiger partial charge in [0.15, 0.2) is 0 Å². The molecule has 0 fully saturated rings. The van der Waals surface area contributed by atoms with Crippen LogP contribution >= 0.6 is 0 Å². The number of likely N-dealkylation sites (N-methyl/N-ethyl adjacent to an activating group) is 1. The van der Waals surface area contributed by atoms with Crippen molar-refractivity contribution in [3.63, 3.8) is 0 Å². The van der Waals surface area contributed by atoms with E-state index in [0.717, 1.165) is 0 Å². The van der Waals surface area contributed by atoms with Crippen molar-refractivity contribution in [1.82, 2.24) is 4.90 Å². The molecule has 0 heterocycles. The summed E-state index contributed by atoms with van der Waals surface area (Å²) in [5.41, 5.74) is 0. The Morgan fingerprint density at radius 2 is 1.82 bits per heavy atom. The molecule has 0 aliphatic carbocycles. The summed E-state index contributed by atoms with van der Waals surface area (Å²) in [5, 5.41) is 0. The molecule has 0 saturated carbocycles. The zero-order valence-corrected chi connectivity index (χ0v) is 7.84. The third-order valence-corrected chi connectivity index (χ3v) is 1.54. The highest BCUT2D eigenvalue weighted by Crippen LogP contribution is 2.00. The maximum Gasteiger partial charge on any atom is 0.108 e. The smallest absolute Gasteiger partial charge is 0.108 e. The van der Waals surface area contributed by atoms with Gasteiger partial charge in [0.1, 0.15) is 6.67 Å². The van der Waals surface area contributed by atoms with E-state index in [1.165, 1.54) is 0 Å². The highest BCUT2D eigenvalue weighted by molar-refractivity contribution is 4.94. The molecule has 0 bridgehead atoms. The van der Waals surface area contributed by atoms with Gasteiger partial charge in [-0.05, 0) is 20.0 Å². The Kier molecular flexibility index (Phi) is 5.12. The van der Waals surface area contributed by atoms with Crippen molar-refractivity contribution in [2.45, 2.75) is 19.9 Å². The molecule has 0 radical (unpaired) electrons. The average Bonchev–Trinajstić information content (AvgIpc) is 1.87. The van der Waals surface area contributed by atoms with E-state index in [2.05, 4.69) is 13.8 Å². The third kappa shape index (κ3) is 4.96. The van der Waals surface area contributed by atoms with Crippen LogP contribution in [-0.2, 0) is 0 Å². The lowest BCUT2D eigenvalue weighted by Gasteiger charge is -2.17. The predicted octanol–water partition coefficient (Wildman–Crippen LogP) is 2.10. The molecular formula is C9H18FN. The Hall–Kier alpha value is -0.370. The lowest BCUT2D eigenvalue weighted by atomic mass is 10.1. The number of hydrogen-bond donors (Lipinski definition) is 0. The van der Waals surface area contributed by atoms with Gasteiger partial charge >= 0.3 is 0 Å². The number of allylic oxidation sites excluding steroid dienone is 1. The van der Waals surface area contributed by atoms with Crippen LogP contribution in [0.3, 0.4) is 0 Å². The summed E-state index contributed by atoms with van der Waals surface area (Å²) in [6, 6.07) is -0.0580. The average molecular weight is 159 g/mol. The fourth-order valence-electron chi connectivity index (χ4n) is 0.712. The first-order valence-electron chi connectivity index (χ1n) is 3.98. The summed E-state index contributed by atoms with van der Waals surface area (Å²) in [6.07, 6.45) is 3.95. The summed E-state index contributed by atoms with van der Waals surface area (Å²) in [6.45, 7) is 3.86. The molecule has 0 aliphatic rings. The highest BCUT2D eigenvalue weighted by atomic mass is 19.1. The van der Waals surface area contributed by atoms with Gasteiger partial charge in [0.25, 0.3) is 0 Å². The van der Waals surface area contributed by atoms with Gasteiger partial charge in [0.2, 0.25) is 0 Å². The van der Waals surface area contributed by atoms with Crippen molar-refractivity contribution in [1.29, 1.82) is 0 Å². The molecule has 0 aromatic heterocycles. The molecule has 1 unspecified atom stereocenters. The first-order valence-corrected chi connectivity index (χ1v) is 3.98. The number of alkyl halides is 1. The molecule has 0 saturated heterocycles. The minimum absolute atomic E-state index is 0.0580. The molecule has 0 rings (SSSR count). The van der Waals surface area contributed by atoms with Crippen molar-refractivity contribution < 1.29 is 4.39 Å². The quantitative estimate of drug-likeness (QED) is 0.568. The van der Waals surface area contributed by atoms with Crippen LogP contribution in [0, 0.1) is 5.92 Å². The van der Waals surface area contributed by atoms with Gasteiger partial charge in [-0.15, -0.1) is 0 Å². The predicted molar refractivity (Wildman–Crippen MR) is 47.4 cm³/mol. The van der Waals surface area contributed by atoms with Gasteiger partial charge in [-0.3, -0.25) is 0 Å². The van der Waals surface area contributed by atoms with E-state index in [0.29, 0.717) is 5.92 Å². The van der Waals surface area contributed by atoms with Crippen LogP contribution in [0.15, 0.2) is 12.2 Å². The molecule has 0 aliphatic heterocycles. The zero-order valence-electron chi connectivity index (χ0n) is 7.84. The van der Waals surface area contributed by atoms with Crippen molar-refractivity contribution in [2.75, 3.05) is 20.8 Å². The Bertz CT molecular complexity index is 119. The fraction of sp³-hybridized carbons (Fsp3) is 0.778. The van der Waals surface area contributed by atoms with Crippen LogP contribution in [0.25, 0.3) is 0 Å². The van der Waals surface area contributed by atoms with E-state index in [-0.39, 0.29) is 12.7 Å². The minimum atomic E-state index is -0.309. The molecule has 11 heavy (non-hydrogen) atoms. The first kappa shape index (κ1) is 10.6. The van der Waals surface area contributed by atoms with Crippen molar-refractivity contribution in [3.8, 4) is 0 Å². The Balaban J connectivity index is 3.87. The lowest BCUT2D eigenvalue weighted by Crippen LogP contribution is -2.27. The molecule has 0 aromatic carbocycles. The zero-order chi connectivity index (χ0) is 8.85. The van der Waals surface area contributed by atoms with Crippen LogP contribution in [0.1, 0.15) is 13.8 Å². The van der Waals surface area contributed by atoms with Gasteiger partial charge in [0.05, 0.1) is 6.04 Å². The first-order chi connectivity index (χ1) is 5.07. The van der Waals surface area contributed by atoms with Crippen LogP contribution in [-0.4, -0.2) is 31.7 Å². The highest BCUT2D eigenvalue weighted by Gasteiger charge is 2.05. The molecule has 0 aromatic rings. The number of nitrogens with zero attached hydrogens (tertiary/aromatic N) is 1. The molecule has 1 nitrogen and oxygen atoms in total. The van der Waals surface area contributed by atoms with Crippen LogP contribution in [0.5, 0.6) is 0 Å². The maximum absolute atomic E-state index is 12.3. The van der Waals surface area contributed by atoms with E-state index in [9.17, 15) is 4.39 Å².